The van der Waals surface area contributed by atoms with Crippen LogP contribution in [0.5, 0.6) is 5.75 Å². The lowest BCUT2D eigenvalue weighted by Crippen LogP contribution is -2.43. The van der Waals surface area contributed by atoms with Crippen LogP contribution in [-0.4, -0.2) is 30.2 Å². The van der Waals surface area contributed by atoms with E-state index < -0.39 is 5.25 Å². The number of ether oxygens (including phenoxy) is 1. The van der Waals surface area contributed by atoms with Gasteiger partial charge in [0.2, 0.25) is 11.8 Å². The molecule has 1 aliphatic carbocycles. The van der Waals surface area contributed by atoms with E-state index >= 15 is 0 Å². The number of benzene rings is 2. The van der Waals surface area contributed by atoms with Gasteiger partial charge in [0.25, 0.3) is 0 Å². The molecule has 1 N–H and O–H groups in total. The second-order valence-electron chi connectivity index (χ2n) is 7.34. The van der Waals surface area contributed by atoms with Crippen molar-refractivity contribution in [1.82, 2.24) is 0 Å². The fraction of sp³-hybridized carbons (Fsp3) is 0.364. The predicted molar refractivity (Wildman–Crippen MR) is 112 cm³/mol. The molecule has 5 nitrogen and oxygen atoms in total. The standard InChI is InChI=1S/C22H24N2O3S/c1-14(15-7-8-15)24(16-9-11-17(27-2)12-10-16)21(25)13-20-22(26)23-18-5-3-4-6-19(18)28-20/h3-6,9-12,14-15,20H,7-8,13H2,1-2H3,(H,23,26). The summed E-state index contributed by atoms with van der Waals surface area (Å²) in [5, 5.41) is 2.50. The van der Waals surface area contributed by atoms with Crippen LogP contribution in [0.4, 0.5) is 11.4 Å². The molecule has 0 spiro atoms. The number of fused-ring (bicyclic) bond motifs is 1. The summed E-state index contributed by atoms with van der Waals surface area (Å²) in [6.45, 7) is 2.10. The van der Waals surface area contributed by atoms with E-state index in [-0.39, 0.29) is 24.3 Å². The van der Waals surface area contributed by atoms with Gasteiger partial charge in [0, 0.05) is 23.0 Å². The smallest absolute Gasteiger partial charge is 0.238 e. The van der Waals surface area contributed by atoms with Crippen molar-refractivity contribution in [2.24, 2.45) is 5.92 Å². The van der Waals surface area contributed by atoms with E-state index in [1.54, 1.807) is 7.11 Å². The zero-order chi connectivity index (χ0) is 19.7. The van der Waals surface area contributed by atoms with Crippen LogP contribution in [0.15, 0.2) is 53.4 Å². The largest absolute Gasteiger partial charge is 0.497 e. The van der Waals surface area contributed by atoms with Gasteiger partial charge in [0.05, 0.1) is 18.0 Å². The number of nitrogens with zero attached hydrogens (tertiary/aromatic N) is 1. The monoisotopic (exact) mass is 396 g/mol. The molecule has 146 valence electrons. The molecule has 6 heteroatoms. The lowest BCUT2D eigenvalue weighted by molar-refractivity contribution is -0.122. The minimum absolute atomic E-state index is 0.0170. The van der Waals surface area contributed by atoms with Crippen molar-refractivity contribution >= 4 is 35.0 Å². The molecular weight excluding hydrogens is 372 g/mol. The molecular formula is C22H24N2O3S. The summed E-state index contributed by atoms with van der Waals surface area (Å²) < 4.78 is 5.24. The first-order chi connectivity index (χ1) is 13.6. The summed E-state index contributed by atoms with van der Waals surface area (Å²) in [5.74, 6) is 1.16. The molecule has 2 unspecified atom stereocenters. The fourth-order valence-electron chi connectivity index (χ4n) is 3.62. The first kappa shape index (κ1) is 18.9. The summed E-state index contributed by atoms with van der Waals surface area (Å²) in [7, 11) is 1.63. The Morgan fingerprint density at radius 2 is 1.93 bits per heavy atom. The number of rotatable bonds is 6. The topological polar surface area (TPSA) is 58.6 Å². The van der Waals surface area contributed by atoms with Crippen LogP contribution in [0, 0.1) is 5.92 Å². The minimum atomic E-state index is -0.422. The van der Waals surface area contributed by atoms with Crippen LogP contribution in [0.1, 0.15) is 26.2 Å². The lowest BCUT2D eigenvalue weighted by atomic mass is 10.1. The fourth-order valence-corrected chi connectivity index (χ4v) is 4.72. The molecule has 1 aliphatic heterocycles. The number of carbonyl (C=O) groups is 2. The lowest BCUT2D eigenvalue weighted by Gasteiger charge is -2.32. The van der Waals surface area contributed by atoms with E-state index in [4.69, 9.17) is 4.74 Å². The third kappa shape index (κ3) is 3.87. The van der Waals surface area contributed by atoms with Gasteiger partial charge in [-0.05, 0) is 62.1 Å². The van der Waals surface area contributed by atoms with Crippen molar-refractivity contribution in [2.45, 2.75) is 42.4 Å². The van der Waals surface area contributed by atoms with Gasteiger partial charge < -0.3 is 15.0 Å². The molecule has 0 saturated heterocycles. The average molecular weight is 397 g/mol. The van der Waals surface area contributed by atoms with Gasteiger partial charge >= 0.3 is 0 Å². The van der Waals surface area contributed by atoms with Crippen LogP contribution < -0.4 is 15.0 Å². The maximum absolute atomic E-state index is 13.3. The Morgan fingerprint density at radius 1 is 1.21 bits per heavy atom. The van der Waals surface area contributed by atoms with Crippen LogP contribution in [0.25, 0.3) is 0 Å². The van der Waals surface area contributed by atoms with Crippen LogP contribution in [0.2, 0.25) is 0 Å². The highest BCUT2D eigenvalue weighted by Gasteiger charge is 2.37. The van der Waals surface area contributed by atoms with Crippen LogP contribution in [-0.2, 0) is 9.59 Å². The molecule has 2 aliphatic rings. The number of methoxy groups -OCH3 is 1. The zero-order valence-electron chi connectivity index (χ0n) is 16.1. The van der Waals surface area contributed by atoms with Crippen molar-refractivity contribution in [3.05, 3.63) is 48.5 Å². The Morgan fingerprint density at radius 3 is 2.61 bits per heavy atom. The summed E-state index contributed by atoms with van der Waals surface area (Å²) >= 11 is 1.47. The zero-order valence-corrected chi connectivity index (χ0v) is 16.9. The Labute approximate surface area is 169 Å². The molecule has 2 amide bonds. The summed E-state index contributed by atoms with van der Waals surface area (Å²) in [6.07, 6.45) is 2.47. The van der Waals surface area contributed by atoms with E-state index in [0.29, 0.717) is 5.92 Å². The molecule has 4 rings (SSSR count). The van der Waals surface area contributed by atoms with Gasteiger partial charge in [0.1, 0.15) is 5.75 Å². The number of carbonyl (C=O) groups excluding carboxylic acids is 2. The quantitative estimate of drug-likeness (QED) is 0.790. The van der Waals surface area contributed by atoms with Gasteiger partial charge in [0.15, 0.2) is 0 Å². The molecule has 2 aromatic rings. The molecule has 28 heavy (non-hydrogen) atoms. The first-order valence-corrected chi connectivity index (χ1v) is 10.5. The third-order valence-electron chi connectivity index (χ3n) is 5.40. The van der Waals surface area contributed by atoms with Crippen molar-refractivity contribution in [3.63, 3.8) is 0 Å². The Hall–Kier alpha value is -2.47. The summed E-state index contributed by atoms with van der Waals surface area (Å²) in [5.41, 5.74) is 1.67. The van der Waals surface area contributed by atoms with Crippen molar-refractivity contribution in [1.29, 1.82) is 0 Å². The van der Waals surface area contributed by atoms with Crippen LogP contribution in [0.3, 0.4) is 0 Å². The molecule has 2 aromatic carbocycles. The van der Waals surface area contributed by atoms with Gasteiger partial charge in [-0.15, -0.1) is 11.8 Å². The number of thioether (sulfide) groups is 1. The highest BCUT2D eigenvalue weighted by atomic mass is 32.2. The second-order valence-corrected chi connectivity index (χ2v) is 8.58. The van der Waals surface area contributed by atoms with E-state index in [0.717, 1.165) is 34.9 Å². The Balaban J connectivity index is 1.54. The molecule has 2 atom stereocenters. The predicted octanol–water partition coefficient (Wildman–Crippen LogP) is 4.33. The molecule has 0 radical (unpaired) electrons. The second kappa shape index (κ2) is 7.87. The average Bonchev–Trinajstić information content (AvgIpc) is 3.54. The van der Waals surface area contributed by atoms with Crippen molar-refractivity contribution in [2.75, 3.05) is 17.3 Å². The summed E-state index contributed by atoms with van der Waals surface area (Å²) in [6, 6.07) is 15.4. The summed E-state index contributed by atoms with van der Waals surface area (Å²) in [4.78, 5) is 28.7. The first-order valence-electron chi connectivity index (χ1n) is 9.59. The molecule has 1 saturated carbocycles. The van der Waals surface area contributed by atoms with Gasteiger partial charge in [-0.25, -0.2) is 0 Å². The highest BCUT2D eigenvalue weighted by molar-refractivity contribution is 8.01. The van der Waals surface area contributed by atoms with Gasteiger partial charge in [-0.1, -0.05) is 12.1 Å². The maximum atomic E-state index is 13.3. The Bertz CT molecular complexity index is 880. The number of hydrogen-bond donors (Lipinski definition) is 1. The minimum Gasteiger partial charge on any atom is -0.497 e. The number of para-hydroxylation sites is 1. The number of hydrogen-bond acceptors (Lipinski definition) is 4. The van der Waals surface area contributed by atoms with E-state index in [9.17, 15) is 9.59 Å². The SMILES string of the molecule is COc1ccc(N(C(=O)CC2Sc3ccccc3NC2=O)C(C)C2CC2)cc1. The highest BCUT2D eigenvalue weighted by Crippen LogP contribution is 2.40. The van der Waals surface area contributed by atoms with Gasteiger partial charge in [-0.2, -0.15) is 0 Å². The third-order valence-corrected chi connectivity index (χ3v) is 6.67. The number of anilines is 2. The number of amides is 2. The van der Waals surface area contributed by atoms with Crippen molar-refractivity contribution in [3.8, 4) is 5.75 Å². The van der Waals surface area contributed by atoms with E-state index in [2.05, 4.69) is 12.2 Å². The number of nitrogens with one attached hydrogen (secondary N) is 1. The molecule has 1 fully saturated rings. The Kier molecular flexibility index (Phi) is 5.31. The molecule has 0 bridgehead atoms. The van der Waals surface area contributed by atoms with E-state index in [1.165, 1.54) is 11.8 Å². The molecule has 1 heterocycles. The van der Waals surface area contributed by atoms with Gasteiger partial charge in [-0.3, -0.25) is 9.59 Å². The maximum Gasteiger partial charge on any atom is 0.238 e. The molecule has 0 aromatic heterocycles. The van der Waals surface area contributed by atoms with Crippen molar-refractivity contribution < 1.29 is 14.3 Å². The van der Waals surface area contributed by atoms with E-state index in [1.807, 2.05) is 53.4 Å². The normalized spacial score (nSPS) is 19.4. The van der Waals surface area contributed by atoms with Crippen LogP contribution >= 0.6 is 11.8 Å².